The van der Waals surface area contributed by atoms with Crippen LogP contribution in [0.1, 0.15) is 233 Å². The lowest BCUT2D eigenvalue weighted by atomic mass is 10.0. The molecule has 6 heteroatoms. The lowest BCUT2D eigenvalue weighted by Crippen LogP contribution is -2.46. The van der Waals surface area contributed by atoms with Gasteiger partial charge in [-0.2, -0.15) is 0 Å². The van der Waals surface area contributed by atoms with Crippen LogP contribution in [-0.2, 0) is 14.3 Å². The first-order valence-electron chi connectivity index (χ1n) is 26.5. The van der Waals surface area contributed by atoms with Gasteiger partial charge < -0.3 is 20.3 Å². The number of esters is 1. The van der Waals surface area contributed by atoms with Gasteiger partial charge in [0, 0.05) is 6.42 Å². The number of nitrogens with one attached hydrogen (secondary N) is 1. The number of carbonyl (C=O) groups excluding carboxylic acids is 2. The van der Waals surface area contributed by atoms with E-state index in [1.165, 1.54) is 89.9 Å². The van der Waals surface area contributed by atoms with Gasteiger partial charge in [0.1, 0.15) is 6.10 Å². The number of carbonyl (C=O) groups is 2. The third-order valence-electron chi connectivity index (χ3n) is 11.5. The Morgan fingerprint density at radius 1 is 0.469 bits per heavy atom. The highest BCUT2D eigenvalue weighted by Gasteiger charge is 2.24. The van der Waals surface area contributed by atoms with Crippen LogP contribution in [0.4, 0.5) is 0 Å². The second-order valence-corrected chi connectivity index (χ2v) is 17.7. The van der Waals surface area contributed by atoms with Gasteiger partial charge in [0.25, 0.3) is 0 Å². The van der Waals surface area contributed by atoms with Gasteiger partial charge in [-0.3, -0.25) is 9.59 Å². The summed E-state index contributed by atoms with van der Waals surface area (Å²) in [6.07, 6.45) is 67.5. The quantitative estimate of drug-likeness (QED) is 0.0245. The average molecular weight is 890 g/mol. The average Bonchev–Trinajstić information content (AvgIpc) is 3.29. The molecule has 0 radical (unpaired) electrons. The molecule has 0 aromatic carbocycles. The summed E-state index contributed by atoms with van der Waals surface area (Å²) in [6.45, 7) is 6.38. The van der Waals surface area contributed by atoms with E-state index in [9.17, 15) is 19.8 Å². The van der Waals surface area contributed by atoms with Gasteiger partial charge >= 0.3 is 5.97 Å². The molecule has 0 spiro atoms. The number of ether oxygens (including phenoxy) is 1. The van der Waals surface area contributed by atoms with Gasteiger partial charge in [-0.15, -0.1) is 0 Å². The zero-order valence-electron chi connectivity index (χ0n) is 41.6. The van der Waals surface area contributed by atoms with Crippen LogP contribution < -0.4 is 5.32 Å². The van der Waals surface area contributed by atoms with Crippen molar-refractivity contribution in [2.45, 2.75) is 251 Å². The van der Waals surface area contributed by atoms with Crippen molar-refractivity contribution in [3.63, 3.8) is 0 Å². The molecule has 3 unspecified atom stereocenters. The summed E-state index contributed by atoms with van der Waals surface area (Å²) in [6, 6.07) is -0.729. The van der Waals surface area contributed by atoms with Crippen molar-refractivity contribution in [1.82, 2.24) is 5.32 Å². The zero-order chi connectivity index (χ0) is 46.7. The fraction of sp³-hybridized carbons (Fsp3) is 0.690. The van der Waals surface area contributed by atoms with E-state index in [0.29, 0.717) is 19.3 Å². The molecule has 3 N–H and O–H groups in total. The van der Waals surface area contributed by atoms with E-state index in [2.05, 4.69) is 123 Å². The topological polar surface area (TPSA) is 95.9 Å². The van der Waals surface area contributed by atoms with E-state index in [1.807, 2.05) is 0 Å². The number of amides is 1. The fourth-order valence-corrected chi connectivity index (χ4v) is 7.43. The smallest absolute Gasteiger partial charge is 0.306 e. The maximum absolute atomic E-state index is 13.2. The predicted molar refractivity (Wildman–Crippen MR) is 277 cm³/mol. The molecule has 1 amide bonds. The second-order valence-electron chi connectivity index (χ2n) is 17.7. The van der Waals surface area contributed by atoms with E-state index in [4.69, 9.17) is 4.74 Å². The Bertz CT molecular complexity index is 1270. The normalized spacial score (nSPS) is 14.0. The van der Waals surface area contributed by atoms with Crippen LogP contribution in [-0.4, -0.2) is 46.9 Å². The molecule has 0 aromatic rings. The zero-order valence-corrected chi connectivity index (χ0v) is 41.6. The molecule has 0 rings (SSSR count). The summed E-state index contributed by atoms with van der Waals surface area (Å²) in [7, 11) is 0. The Kier molecular flexibility index (Phi) is 48.2. The lowest BCUT2D eigenvalue weighted by molar-refractivity contribution is -0.151. The molecule has 0 heterocycles. The minimum atomic E-state index is -0.811. The van der Waals surface area contributed by atoms with E-state index >= 15 is 0 Å². The third-order valence-corrected chi connectivity index (χ3v) is 11.5. The number of hydrogen-bond acceptors (Lipinski definition) is 5. The molecule has 0 aromatic heterocycles. The number of hydrogen-bond donors (Lipinski definition) is 3. The lowest BCUT2D eigenvalue weighted by Gasteiger charge is -2.24. The molecule has 0 saturated carbocycles. The molecule has 0 bridgehead atoms. The number of rotatable bonds is 46. The van der Waals surface area contributed by atoms with Crippen molar-refractivity contribution in [2.75, 3.05) is 6.61 Å². The highest BCUT2D eigenvalue weighted by atomic mass is 16.5. The van der Waals surface area contributed by atoms with Crippen LogP contribution in [0.5, 0.6) is 0 Å². The van der Waals surface area contributed by atoms with Crippen LogP contribution >= 0.6 is 0 Å². The van der Waals surface area contributed by atoms with Crippen LogP contribution in [0.3, 0.4) is 0 Å². The molecule has 0 aliphatic rings. The molecule has 0 aliphatic heterocycles. The van der Waals surface area contributed by atoms with Crippen LogP contribution in [0.2, 0.25) is 0 Å². The van der Waals surface area contributed by atoms with Gasteiger partial charge in [0.2, 0.25) is 5.91 Å². The second kappa shape index (κ2) is 50.8. The number of unbranched alkanes of at least 4 members (excludes halogenated alkanes) is 21. The van der Waals surface area contributed by atoms with Gasteiger partial charge in [-0.05, 0) is 89.9 Å². The number of allylic oxidation sites excluding steroid dienone is 16. The summed E-state index contributed by atoms with van der Waals surface area (Å²) in [5.74, 6) is -0.561. The van der Waals surface area contributed by atoms with Crippen molar-refractivity contribution in [2.24, 2.45) is 0 Å². The van der Waals surface area contributed by atoms with Crippen molar-refractivity contribution in [3.05, 3.63) is 97.2 Å². The van der Waals surface area contributed by atoms with E-state index in [0.717, 1.165) is 96.3 Å². The standard InChI is InChI=1S/C58H99NO5/c1-4-7-10-13-16-19-22-24-26-28-30-32-34-36-39-42-45-48-51-58(63)64-54(49-46-43-40-37-35-33-31-29-27-25-23-20-17-14-11-8-5-2)52-57(62)59-55(53-60)56(61)50-47-44-41-38-21-18-15-12-9-6-3/h16-17,19-20,22,24-28,30-33,37,40,54-56,60-61H,4-15,18,21,23,29,34-36,38-39,41-53H2,1-3H3,(H,59,62)/b19-16+,20-17-,24-22+,27-25-,28-26+,32-30+,33-31-,40-37-. The number of aliphatic hydroxyl groups is 2. The van der Waals surface area contributed by atoms with Gasteiger partial charge in [0.15, 0.2) is 0 Å². The summed E-state index contributed by atoms with van der Waals surface area (Å²) in [5, 5.41) is 23.7. The highest BCUT2D eigenvalue weighted by Crippen LogP contribution is 2.16. The Hall–Kier alpha value is -3.22. The van der Waals surface area contributed by atoms with E-state index in [-0.39, 0.29) is 24.9 Å². The minimum Gasteiger partial charge on any atom is -0.462 e. The molecule has 0 fully saturated rings. The Morgan fingerprint density at radius 3 is 1.41 bits per heavy atom. The third kappa shape index (κ3) is 45.4. The monoisotopic (exact) mass is 890 g/mol. The maximum atomic E-state index is 13.2. The Morgan fingerprint density at radius 2 is 0.875 bits per heavy atom. The molecule has 366 valence electrons. The van der Waals surface area contributed by atoms with E-state index < -0.39 is 18.2 Å². The van der Waals surface area contributed by atoms with Gasteiger partial charge in [-0.1, -0.05) is 227 Å². The van der Waals surface area contributed by atoms with Crippen molar-refractivity contribution in [1.29, 1.82) is 0 Å². The molecular weight excluding hydrogens is 791 g/mol. The first-order chi connectivity index (χ1) is 31.5. The first-order valence-corrected chi connectivity index (χ1v) is 26.5. The van der Waals surface area contributed by atoms with Crippen LogP contribution in [0.15, 0.2) is 97.2 Å². The highest BCUT2D eigenvalue weighted by molar-refractivity contribution is 5.77. The van der Waals surface area contributed by atoms with Crippen LogP contribution in [0.25, 0.3) is 0 Å². The van der Waals surface area contributed by atoms with Crippen LogP contribution in [0, 0.1) is 0 Å². The van der Waals surface area contributed by atoms with E-state index in [1.54, 1.807) is 0 Å². The molecule has 0 aliphatic carbocycles. The summed E-state index contributed by atoms with van der Waals surface area (Å²) in [4.78, 5) is 26.2. The summed E-state index contributed by atoms with van der Waals surface area (Å²) < 4.78 is 5.90. The molecule has 64 heavy (non-hydrogen) atoms. The molecule has 0 saturated heterocycles. The van der Waals surface area contributed by atoms with Gasteiger partial charge in [0.05, 0.1) is 25.2 Å². The molecular formula is C58H99NO5. The summed E-state index contributed by atoms with van der Waals surface area (Å²) in [5.41, 5.74) is 0. The van der Waals surface area contributed by atoms with Crippen molar-refractivity contribution >= 4 is 11.9 Å². The minimum absolute atomic E-state index is 0.0248. The Labute approximate surface area is 395 Å². The first kappa shape index (κ1) is 60.8. The fourth-order valence-electron chi connectivity index (χ4n) is 7.43. The summed E-state index contributed by atoms with van der Waals surface area (Å²) >= 11 is 0. The van der Waals surface area contributed by atoms with Gasteiger partial charge in [-0.25, -0.2) is 0 Å². The maximum Gasteiger partial charge on any atom is 0.306 e. The molecule has 3 atom stereocenters. The number of aliphatic hydroxyl groups excluding tert-OH is 2. The SMILES string of the molecule is CCCCC/C=C\C/C=C\C/C=C\C/C=C\CCCC(CC(=O)NC(CO)C(O)CCCCCCCCCCCC)OC(=O)CCCCCCC/C=C/C=C/C=C/C=C/CCCCC. The predicted octanol–water partition coefficient (Wildman–Crippen LogP) is 16.1. The van der Waals surface area contributed by atoms with Crippen molar-refractivity contribution in [3.8, 4) is 0 Å². The Balaban J connectivity index is 4.76. The largest absolute Gasteiger partial charge is 0.462 e. The van der Waals surface area contributed by atoms with Crippen molar-refractivity contribution < 1.29 is 24.5 Å². The molecule has 6 nitrogen and oxygen atoms in total.